The maximum absolute atomic E-state index is 10.6. The number of aromatic nitrogens is 2. The molecule has 0 aliphatic heterocycles. The topological polar surface area (TPSA) is 102 Å². The summed E-state index contributed by atoms with van der Waals surface area (Å²) in [6.07, 6.45) is 0.980. The summed E-state index contributed by atoms with van der Waals surface area (Å²) in [5.74, 6) is -0.129. The quantitative estimate of drug-likeness (QED) is 0.511. The predicted molar refractivity (Wildman–Crippen MR) is 44.6 cm³/mol. The van der Waals surface area contributed by atoms with Gasteiger partial charge in [0.05, 0.1) is 24.5 Å². The summed E-state index contributed by atoms with van der Waals surface area (Å²) >= 11 is 0. The molecule has 7 nitrogen and oxygen atoms in total. The lowest BCUT2D eigenvalue weighted by molar-refractivity contribution is -0.387. The molecule has 0 N–H and O–H groups in total. The first kappa shape index (κ1) is 9.85. The van der Waals surface area contributed by atoms with Gasteiger partial charge < -0.3 is 4.74 Å². The molecule has 0 amide bonds. The molecule has 0 saturated heterocycles. The van der Waals surface area contributed by atoms with Crippen LogP contribution >= 0.6 is 0 Å². The van der Waals surface area contributed by atoms with Crippen molar-refractivity contribution in [1.29, 1.82) is 5.26 Å². The molecule has 0 unspecified atom stereocenters. The Hall–Kier alpha value is -2.23. The second-order valence-electron chi connectivity index (χ2n) is 2.27. The van der Waals surface area contributed by atoms with E-state index in [1.54, 1.807) is 6.07 Å². The standard InChI is InChI=1S/C7H6N4O3/c1-14-7-6(11(12)13)5(2-3-8)9-4-10-7/h4H,2H2,1H3. The number of hydrogen-bond donors (Lipinski definition) is 0. The Labute approximate surface area is 79.1 Å². The normalized spacial score (nSPS) is 9.14. The number of nitriles is 1. The van der Waals surface area contributed by atoms with Gasteiger partial charge in [0, 0.05) is 0 Å². The lowest BCUT2D eigenvalue weighted by Gasteiger charge is -2.01. The van der Waals surface area contributed by atoms with Crippen LogP contribution in [0.4, 0.5) is 5.69 Å². The second kappa shape index (κ2) is 4.13. The molecule has 72 valence electrons. The zero-order valence-corrected chi connectivity index (χ0v) is 7.30. The minimum Gasteiger partial charge on any atom is -0.476 e. The fourth-order valence-corrected chi connectivity index (χ4v) is 0.934. The largest absolute Gasteiger partial charge is 0.476 e. The van der Waals surface area contributed by atoms with Crippen molar-refractivity contribution >= 4 is 5.69 Å². The smallest absolute Gasteiger partial charge is 0.353 e. The average molecular weight is 194 g/mol. The minimum atomic E-state index is -0.661. The van der Waals surface area contributed by atoms with Crippen LogP contribution in [0.2, 0.25) is 0 Å². The van der Waals surface area contributed by atoms with Crippen LogP contribution in [0.5, 0.6) is 5.88 Å². The van der Waals surface area contributed by atoms with E-state index in [-0.39, 0.29) is 23.7 Å². The van der Waals surface area contributed by atoms with E-state index < -0.39 is 4.92 Å². The monoisotopic (exact) mass is 194 g/mol. The van der Waals surface area contributed by atoms with Crippen LogP contribution in [-0.4, -0.2) is 22.0 Å². The summed E-state index contributed by atoms with van der Waals surface area (Å²) in [4.78, 5) is 17.2. The number of ether oxygens (including phenoxy) is 1. The Balaban J connectivity index is 3.29. The van der Waals surface area contributed by atoms with Crippen LogP contribution in [0.1, 0.15) is 5.69 Å². The molecule has 1 rings (SSSR count). The molecular formula is C7H6N4O3. The van der Waals surface area contributed by atoms with E-state index in [1.807, 2.05) is 0 Å². The van der Waals surface area contributed by atoms with Gasteiger partial charge in [-0.05, 0) is 0 Å². The molecule has 1 aromatic rings. The molecule has 0 fully saturated rings. The van der Waals surface area contributed by atoms with Gasteiger partial charge in [-0.2, -0.15) is 10.2 Å². The highest BCUT2D eigenvalue weighted by atomic mass is 16.6. The Morgan fingerprint density at radius 3 is 2.93 bits per heavy atom. The van der Waals surface area contributed by atoms with Crippen molar-refractivity contribution in [2.45, 2.75) is 6.42 Å². The average Bonchev–Trinajstić information content (AvgIpc) is 2.17. The van der Waals surface area contributed by atoms with Crippen molar-refractivity contribution in [3.05, 3.63) is 22.1 Å². The number of hydrogen-bond acceptors (Lipinski definition) is 6. The van der Waals surface area contributed by atoms with Gasteiger partial charge in [0.15, 0.2) is 0 Å². The van der Waals surface area contributed by atoms with Crippen LogP contribution in [0.25, 0.3) is 0 Å². The Morgan fingerprint density at radius 2 is 2.43 bits per heavy atom. The van der Waals surface area contributed by atoms with Gasteiger partial charge in [-0.3, -0.25) is 10.1 Å². The molecule has 1 aromatic heterocycles. The van der Waals surface area contributed by atoms with Gasteiger partial charge in [0.25, 0.3) is 5.88 Å². The van der Waals surface area contributed by atoms with Crippen LogP contribution < -0.4 is 4.74 Å². The highest BCUT2D eigenvalue weighted by Crippen LogP contribution is 2.26. The summed E-state index contributed by atoms with van der Waals surface area (Å²) in [5, 5.41) is 19.0. The first-order valence-corrected chi connectivity index (χ1v) is 3.60. The molecule has 0 aliphatic carbocycles. The van der Waals surface area contributed by atoms with Crippen molar-refractivity contribution in [3.8, 4) is 11.9 Å². The van der Waals surface area contributed by atoms with Gasteiger partial charge in [0.2, 0.25) is 0 Å². The summed E-state index contributed by atoms with van der Waals surface area (Å²) < 4.78 is 4.69. The zero-order valence-electron chi connectivity index (χ0n) is 7.30. The van der Waals surface area contributed by atoms with Crippen molar-refractivity contribution in [2.24, 2.45) is 0 Å². The van der Waals surface area contributed by atoms with E-state index in [0.29, 0.717) is 0 Å². The van der Waals surface area contributed by atoms with Crippen LogP contribution in [0.15, 0.2) is 6.33 Å². The molecule has 0 aliphatic rings. The predicted octanol–water partition coefficient (Wildman–Crippen LogP) is 0.459. The van der Waals surface area contributed by atoms with Crippen LogP contribution in [-0.2, 0) is 6.42 Å². The molecule has 14 heavy (non-hydrogen) atoms. The van der Waals surface area contributed by atoms with E-state index in [4.69, 9.17) is 10.00 Å². The molecular weight excluding hydrogens is 188 g/mol. The maximum atomic E-state index is 10.6. The van der Waals surface area contributed by atoms with Crippen molar-refractivity contribution in [3.63, 3.8) is 0 Å². The number of methoxy groups -OCH3 is 1. The molecule has 0 saturated carbocycles. The van der Waals surface area contributed by atoms with Crippen molar-refractivity contribution in [1.82, 2.24) is 9.97 Å². The summed E-state index contributed by atoms with van der Waals surface area (Å²) in [6, 6.07) is 1.78. The first-order chi connectivity index (χ1) is 6.70. The molecule has 0 bridgehead atoms. The highest BCUT2D eigenvalue weighted by Gasteiger charge is 2.22. The third kappa shape index (κ3) is 1.74. The third-order valence-corrected chi connectivity index (χ3v) is 1.49. The second-order valence-corrected chi connectivity index (χ2v) is 2.27. The van der Waals surface area contributed by atoms with E-state index in [1.165, 1.54) is 7.11 Å². The molecule has 7 heteroatoms. The van der Waals surface area contributed by atoms with E-state index in [0.717, 1.165) is 6.33 Å². The van der Waals surface area contributed by atoms with Crippen molar-refractivity contribution in [2.75, 3.05) is 7.11 Å². The van der Waals surface area contributed by atoms with Crippen LogP contribution in [0.3, 0.4) is 0 Å². The van der Waals surface area contributed by atoms with Gasteiger partial charge >= 0.3 is 5.69 Å². The first-order valence-electron chi connectivity index (χ1n) is 3.60. The molecule has 0 radical (unpaired) electrons. The van der Waals surface area contributed by atoms with Gasteiger partial charge in [-0.25, -0.2) is 4.98 Å². The lowest BCUT2D eigenvalue weighted by atomic mass is 10.3. The van der Waals surface area contributed by atoms with E-state index >= 15 is 0 Å². The molecule has 0 aromatic carbocycles. The highest BCUT2D eigenvalue weighted by molar-refractivity contribution is 5.45. The van der Waals surface area contributed by atoms with Gasteiger partial charge in [-0.1, -0.05) is 0 Å². The van der Waals surface area contributed by atoms with E-state index in [9.17, 15) is 10.1 Å². The fourth-order valence-electron chi connectivity index (χ4n) is 0.934. The van der Waals surface area contributed by atoms with Gasteiger partial charge in [0.1, 0.15) is 12.0 Å². The molecule has 0 atom stereocenters. The van der Waals surface area contributed by atoms with Crippen molar-refractivity contribution < 1.29 is 9.66 Å². The SMILES string of the molecule is COc1ncnc(CC#N)c1[N+](=O)[O-]. The lowest BCUT2D eigenvalue weighted by Crippen LogP contribution is -2.02. The summed E-state index contributed by atoms with van der Waals surface area (Å²) in [5.41, 5.74) is -0.291. The fraction of sp³-hybridized carbons (Fsp3) is 0.286. The number of rotatable bonds is 3. The van der Waals surface area contributed by atoms with Crippen LogP contribution in [0, 0.1) is 21.4 Å². The molecule has 0 spiro atoms. The third-order valence-electron chi connectivity index (χ3n) is 1.49. The number of nitrogens with zero attached hydrogens (tertiary/aromatic N) is 4. The summed E-state index contributed by atoms with van der Waals surface area (Å²) in [6.45, 7) is 0. The zero-order chi connectivity index (χ0) is 10.6. The van der Waals surface area contributed by atoms with E-state index in [2.05, 4.69) is 9.97 Å². The number of nitro groups is 1. The molecule has 1 heterocycles. The maximum Gasteiger partial charge on any atom is 0.353 e. The van der Waals surface area contributed by atoms with Gasteiger partial charge in [-0.15, -0.1) is 0 Å². The summed E-state index contributed by atoms with van der Waals surface area (Å²) in [7, 11) is 1.27. The minimum absolute atomic E-state index is 0.0596. The Kier molecular flexibility index (Phi) is 2.91. The Bertz CT molecular complexity index is 398. The Morgan fingerprint density at radius 1 is 1.71 bits per heavy atom.